The van der Waals surface area contributed by atoms with Gasteiger partial charge >= 0.3 is 11.8 Å². The quantitative estimate of drug-likeness (QED) is 0.440. The van der Waals surface area contributed by atoms with E-state index >= 15 is 0 Å². The summed E-state index contributed by atoms with van der Waals surface area (Å²) < 4.78 is 26.4. The van der Waals surface area contributed by atoms with Gasteiger partial charge in [0.05, 0.1) is 4.90 Å². The molecule has 6 nitrogen and oxygen atoms in total. The fourth-order valence-electron chi connectivity index (χ4n) is 3.44. The highest BCUT2D eigenvalue weighted by Gasteiger charge is 2.31. The minimum absolute atomic E-state index is 0.106. The molecule has 0 radical (unpaired) electrons. The van der Waals surface area contributed by atoms with E-state index in [0.29, 0.717) is 16.4 Å². The third-order valence-electron chi connectivity index (χ3n) is 5.15. The van der Waals surface area contributed by atoms with Crippen molar-refractivity contribution in [2.24, 2.45) is 0 Å². The number of amides is 2. The maximum absolute atomic E-state index is 13.2. The number of hydrogen-bond acceptors (Lipinski definition) is 5. The first-order chi connectivity index (χ1) is 14.9. The van der Waals surface area contributed by atoms with Crippen molar-refractivity contribution >= 4 is 44.6 Å². The highest BCUT2D eigenvalue weighted by Crippen LogP contribution is 2.31. The number of carbonyl (C=O) groups is 2. The second-order valence-electron chi connectivity index (χ2n) is 7.33. The van der Waals surface area contributed by atoms with E-state index in [1.54, 1.807) is 17.5 Å². The number of thiophene rings is 1. The van der Waals surface area contributed by atoms with Gasteiger partial charge in [-0.1, -0.05) is 29.3 Å². The molecule has 9 heteroatoms. The molecule has 2 N–H and O–H groups in total. The summed E-state index contributed by atoms with van der Waals surface area (Å²) in [7, 11) is -3.80. The number of carbonyl (C=O) groups excluding carboxylic acids is 2. The smallest absolute Gasteiger partial charge is 0.309 e. The van der Waals surface area contributed by atoms with Gasteiger partial charge in [0.15, 0.2) is 9.84 Å². The van der Waals surface area contributed by atoms with Crippen molar-refractivity contribution in [3.05, 3.63) is 63.3 Å². The SMILES string of the molecule is O=C(NCCC1=CCCCC1)C(=O)NCC(c1cccs1)S(=O)(=O)c1ccc(Cl)cc1. The average Bonchev–Trinajstić information content (AvgIpc) is 3.29. The maximum Gasteiger partial charge on any atom is 0.309 e. The monoisotopic (exact) mass is 480 g/mol. The molecular weight excluding hydrogens is 456 g/mol. The van der Waals surface area contributed by atoms with Crippen molar-refractivity contribution in [1.29, 1.82) is 0 Å². The van der Waals surface area contributed by atoms with Gasteiger partial charge in [-0.05, 0) is 67.8 Å². The zero-order chi connectivity index (χ0) is 22.3. The molecule has 1 aromatic carbocycles. The zero-order valence-corrected chi connectivity index (χ0v) is 19.4. The summed E-state index contributed by atoms with van der Waals surface area (Å²) in [6.45, 7) is 0.179. The van der Waals surface area contributed by atoms with E-state index in [2.05, 4.69) is 16.7 Å². The molecule has 1 aliphatic carbocycles. The van der Waals surface area contributed by atoms with E-state index in [1.165, 1.54) is 47.6 Å². The predicted molar refractivity (Wildman–Crippen MR) is 123 cm³/mol. The van der Waals surface area contributed by atoms with Crippen LogP contribution >= 0.6 is 22.9 Å². The van der Waals surface area contributed by atoms with E-state index in [9.17, 15) is 18.0 Å². The molecule has 31 heavy (non-hydrogen) atoms. The highest BCUT2D eigenvalue weighted by molar-refractivity contribution is 7.91. The number of halogens is 1. The molecule has 1 heterocycles. The van der Waals surface area contributed by atoms with Gasteiger partial charge in [0.2, 0.25) is 0 Å². The molecule has 0 saturated carbocycles. The van der Waals surface area contributed by atoms with Gasteiger partial charge in [0, 0.05) is 23.0 Å². The van der Waals surface area contributed by atoms with Gasteiger partial charge in [0.1, 0.15) is 5.25 Å². The van der Waals surface area contributed by atoms with Crippen molar-refractivity contribution < 1.29 is 18.0 Å². The minimum atomic E-state index is -3.80. The Kier molecular flexibility index (Phi) is 8.28. The topological polar surface area (TPSA) is 92.3 Å². The van der Waals surface area contributed by atoms with Gasteiger partial charge in [-0.2, -0.15) is 0 Å². The molecule has 1 aliphatic rings. The fraction of sp³-hybridized carbons (Fsp3) is 0.364. The number of nitrogens with one attached hydrogen (secondary N) is 2. The van der Waals surface area contributed by atoms with Crippen molar-refractivity contribution in [2.45, 2.75) is 42.2 Å². The van der Waals surface area contributed by atoms with Crippen LogP contribution in [0.15, 0.2) is 58.3 Å². The summed E-state index contributed by atoms with van der Waals surface area (Å²) >= 11 is 7.15. The molecule has 2 amide bonds. The van der Waals surface area contributed by atoms with Crippen LogP contribution in [0, 0.1) is 0 Å². The Morgan fingerprint density at radius 3 is 2.45 bits per heavy atom. The largest absolute Gasteiger partial charge is 0.348 e. The summed E-state index contributed by atoms with van der Waals surface area (Å²) in [5, 5.41) is 6.30. The second kappa shape index (κ2) is 10.9. The van der Waals surface area contributed by atoms with E-state index in [-0.39, 0.29) is 11.4 Å². The van der Waals surface area contributed by atoms with E-state index in [0.717, 1.165) is 25.7 Å². The lowest BCUT2D eigenvalue weighted by molar-refractivity contribution is -0.139. The molecule has 166 valence electrons. The van der Waals surface area contributed by atoms with Crippen LogP contribution in [0.1, 0.15) is 42.2 Å². The lowest BCUT2D eigenvalue weighted by Crippen LogP contribution is -2.42. The lowest BCUT2D eigenvalue weighted by Gasteiger charge is -2.17. The molecule has 0 fully saturated rings. The lowest BCUT2D eigenvalue weighted by atomic mass is 9.97. The van der Waals surface area contributed by atoms with Gasteiger partial charge < -0.3 is 10.6 Å². The zero-order valence-electron chi connectivity index (χ0n) is 17.0. The average molecular weight is 481 g/mol. The van der Waals surface area contributed by atoms with Gasteiger partial charge in [-0.3, -0.25) is 9.59 Å². The number of rotatable bonds is 8. The van der Waals surface area contributed by atoms with E-state index in [4.69, 9.17) is 11.6 Å². The Hall–Kier alpha value is -2.16. The van der Waals surface area contributed by atoms with Crippen LogP contribution in [0.25, 0.3) is 0 Å². The fourth-order valence-corrected chi connectivity index (χ4v) is 6.35. The molecular formula is C22H25ClN2O4S2. The molecule has 1 aromatic heterocycles. The van der Waals surface area contributed by atoms with Crippen LogP contribution in [0.2, 0.25) is 5.02 Å². The number of allylic oxidation sites excluding steroid dienone is 1. The molecule has 0 aliphatic heterocycles. The normalized spacial score (nSPS) is 15.1. The molecule has 2 aromatic rings. The first-order valence-electron chi connectivity index (χ1n) is 10.1. The Morgan fingerprint density at radius 2 is 1.81 bits per heavy atom. The third kappa shape index (κ3) is 6.41. The molecule has 1 unspecified atom stereocenters. The number of hydrogen-bond donors (Lipinski definition) is 2. The minimum Gasteiger partial charge on any atom is -0.348 e. The second-order valence-corrected chi connectivity index (χ2v) is 10.9. The Morgan fingerprint density at radius 1 is 1.06 bits per heavy atom. The first-order valence-corrected chi connectivity index (χ1v) is 12.9. The molecule has 1 atom stereocenters. The standard InChI is InChI=1S/C22H25ClN2O4S2/c23-17-8-10-18(11-9-17)31(28,29)20(19-7-4-14-30-19)15-25-22(27)21(26)24-13-12-16-5-2-1-3-6-16/h4-5,7-11,14,20H,1-3,6,12-13,15H2,(H,24,26)(H,25,27). The third-order valence-corrected chi connectivity index (χ3v) is 8.63. The highest BCUT2D eigenvalue weighted by atomic mass is 35.5. The van der Waals surface area contributed by atoms with Crippen LogP contribution in [0.4, 0.5) is 0 Å². The van der Waals surface area contributed by atoms with Crippen LogP contribution in [-0.2, 0) is 19.4 Å². The van der Waals surface area contributed by atoms with Crippen molar-refractivity contribution in [3.63, 3.8) is 0 Å². The summed E-state index contributed by atoms with van der Waals surface area (Å²) in [5.41, 5.74) is 1.30. The van der Waals surface area contributed by atoms with Crippen molar-refractivity contribution in [3.8, 4) is 0 Å². The van der Waals surface area contributed by atoms with Crippen LogP contribution in [0.5, 0.6) is 0 Å². The van der Waals surface area contributed by atoms with Gasteiger partial charge in [0.25, 0.3) is 0 Å². The molecule has 0 spiro atoms. The summed E-state index contributed by atoms with van der Waals surface area (Å²) in [5.74, 6) is -1.60. The molecule has 0 bridgehead atoms. The maximum atomic E-state index is 13.2. The van der Waals surface area contributed by atoms with E-state index in [1.807, 2.05) is 0 Å². The van der Waals surface area contributed by atoms with Crippen LogP contribution in [-0.4, -0.2) is 33.3 Å². The van der Waals surface area contributed by atoms with Crippen molar-refractivity contribution in [1.82, 2.24) is 10.6 Å². The van der Waals surface area contributed by atoms with Crippen LogP contribution in [0.3, 0.4) is 0 Å². The Labute approximate surface area is 191 Å². The Balaban J connectivity index is 1.61. The summed E-state index contributed by atoms with van der Waals surface area (Å²) in [6, 6.07) is 9.34. The summed E-state index contributed by atoms with van der Waals surface area (Å²) in [4.78, 5) is 25.1. The van der Waals surface area contributed by atoms with Crippen LogP contribution < -0.4 is 10.6 Å². The molecule has 0 saturated heterocycles. The first kappa shape index (κ1) is 23.5. The number of sulfone groups is 1. The number of benzene rings is 1. The Bertz CT molecular complexity index is 1030. The van der Waals surface area contributed by atoms with Gasteiger partial charge in [-0.25, -0.2) is 8.42 Å². The predicted octanol–water partition coefficient (Wildman–Crippen LogP) is 4.04. The van der Waals surface area contributed by atoms with Crippen molar-refractivity contribution in [2.75, 3.05) is 13.1 Å². The van der Waals surface area contributed by atoms with Gasteiger partial charge in [-0.15, -0.1) is 11.3 Å². The van der Waals surface area contributed by atoms with E-state index < -0.39 is 26.9 Å². The molecule has 3 rings (SSSR count). The summed E-state index contributed by atoms with van der Waals surface area (Å²) in [6.07, 6.45) is 7.38.